The minimum absolute atomic E-state index is 0.772. The van der Waals surface area contributed by atoms with Crippen LogP contribution in [0.5, 0.6) is 5.75 Å². The third kappa shape index (κ3) is 3.04. The minimum atomic E-state index is 0.772. The zero-order chi connectivity index (χ0) is 13.0. The second-order valence-corrected chi connectivity index (χ2v) is 4.54. The average molecular weight is 241 g/mol. The van der Waals surface area contributed by atoms with E-state index in [4.69, 9.17) is 4.74 Å². The number of nitrogens with one attached hydrogen (secondary N) is 1. The maximum Gasteiger partial charge on any atom is 0.123 e. The van der Waals surface area contributed by atoms with Crippen LogP contribution >= 0.6 is 0 Å². The highest BCUT2D eigenvalue weighted by atomic mass is 16.5. The van der Waals surface area contributed by atoms with Crippen LogP contribution in [0.2, 0.25) is 0 Å². The molecule has 0 radical (unpaired) electrons. The van der Waals surface area contributed by atoms with Crippen molar-refractivity contribution in [3.05, 3.63) is 59.2 Å². The molecule has 0 spiro atoms. The second-order valence-electron chi connectivity index (χ2n) is 4.54. The SMILES string of the molecule is COc1ccc(C)cc1CNc1cccc(C)c1. The fraction of sp³-hybridized carbons (Fsp3) is 0.250. The summed E-state index contributed by atoms with van der Waals surface area (Å²) < 4.78 is 5.37. The molecule has 0 saturated carbocycles. The summed E-state index contributed by atoms with van der Waals surface area (Å²) in [6.07, 6.45) is 0. The van der Waals surface area contributed by atoms with Gasteiger partial charge >= 0.3 is 0 Å². The number of ether oxygens (including phenoxy) is 1. The molecule has 0 amide bonds. The third-order valence-corrected chi connectivity index (χ3v) is 2.94. The van der Waals surface area contributed by atoms with Gasteiger partial charge in [-0.3, -0.25) is 0 Å². The van der Waals surface area contributed by atoms with E-state index in [0.29, 0.717) is 0 Å². The van der Waals surface area contributed by atoms with Crippen molar-refractivity contribution in [1.82, 2.24) is 0 Å². The molecule has 0 saturated heterocycles. The van der Waals surface area contributed by atoms with Crippen LogP contribution in [0.15, 0.2) is 42.5 Å². The van der Waals surface area contributed by atoms with E-state index >= 15 is 0 Å². The summed E-state index contributed by atoms with van der Waals surface area (Å²) in [5, 5.41) is 3.42. The molecule has 2 heteroatoms. The van der Waals surface area contributed by atoms with Gasteiger partial charge in [-0.05, 0) is 37.6 Å². The lowest BCUT2D eigenvalue weighted by atomic mass is 10.1. The first-order valence-electron chi connectivity index (χ1n) is 6.13. The fourth-order valence-electron chi connectivity index (χ4n) is 2.00. The summed E-state index contributed by atoms with van der Waals surface area (Å²) in [5.41, 5.74) is 4.82. The molecule has 2 nitrogen and oxygen atoms in total. The summed E-state index contributed by atoms with van der Waals surface area (Å²) >= 11 is 0. The normalized spacial score (nSPS) is 10.2. The summed E-state index contributed by atoms with van der Waals surface area (Å²) in [6.45, 7) is 4.96. The minimum Gasteiger partial charge on any atom is -0.496 e. The maximum atomic E-state index is 5.37. The standard InChI is InChI=1S/C16H19NO/c1-12-5-4-6-15(10-12)17-11-14-9-13(2)7-8-16(14)18-3/h4-10,17H,11H2,1-3H3. The monoisotopic (exact) mass is 241 g/mol. The van der Waals surface area contributed by atoms with Gasteiger partial charge < -0.3 is 10.1 Å². The van der Waals surface area contributed by atoms with E-state index in [0.717, 1.165) is 18.0 Å². The van der Waals surface area contributed by atoms with Gasteiger partial charge in [0.05, 0.1) is 7.11 Å². The van der Waals surface area contributed by atoms with Crippen LogP contribution in [0.1, 0.15) is 16.7 Å². The van der Waals surface area contributed by atoms with E-state index in [1.165, 1.54) is 16.7 Å². The molecule has 0 aromatic heterocycles. The molecule has 0 aliphatic rings. The summed E-state index contributed by atoms with van der Waals surface area (Å²) in [6, 6.07) is 14.6. The van der Waals surface area contributed by atoms with Crippen molar-refractivity contribution in [1.29, 1.82) is 0 Å². The first kappa shape index (κ1) is 12.5. The molecule has 94 valence electrons. The molecular weight excluding hydrogens is 222 g/mol. The van der Waals surface area contributed by atoms with Crippen LogP contribution in [0, 0.1) is 13.8 Å². The van der Waals surface area contributed by atoms with Crippen molar-refractivity contribution in [3.63, 3.8) is 0 Å². The van der Waals surface area contributed by atoms with Gasteiger partial charge in [-0.25, -0.2) is 0 Å². The van der Waals surface area contributed by atoms with Crippen LogP contribution in [0.4, 0.5) is 5.69 Å². The Hall–Kier alpha value is -1.96. The highest BCUT2D eigenvalue weighted by molar-refractivity contribution is 5.47. The van der Waals surface area contributed by atoms with Gasteiger partial charge in [-0.2, -0.15) is 0 Å². The van der Waals surface area contributed by atoms with Gasteiger partial charge in [0.2, 0.25) is 0 Å². The van der Waals surface area contributed by atoms with Gasteiger partial charge in [-0.1, -0.05) is 29.8 Å². The highest BCUT2D eigenvalue weighted by Gasteiger charge is 2.03. The van der Waals surface area contributed by atoms with E-state index in [1.54, 1.807) is 7.11 Å². The molecule has 0 heterocycles. The molecule has 0 aliphatic heterocycles. The summed E-state index contributed by atoms with van der Waals surface area (Å²) in [7, 11) is 1.71. The maximum absolute atomic E-state index is 5.37. The number of benzene rings is 2. The van der Waals surface area contributed by atoms with E-state index in [-0.39, 0.29) is 0 Å². The second kappa shape index (κ2) is 5.58. The van der Waals surface area contributed by atoms with Crippen LogP contribution in [0.3, 0.4) is 0 Å². The Kier molecular flexibility index (Phi) is 3.88. The fourth-order valence-corrected chi connectivity index (χ4v) is 2.00. The van der Waals surface area contributed by atoms with Gasteiger partial charge in [0.15, 0.2) is 0 Å². The molecule has 0 unspecified atom stereocenters. The number of aryl methyl sites for hydroxylation is 2. The van der Waals surface area contributed by atoms with Crippen molar-refractivity contribution in [2.75, 3.05) is 12.4 Å². The molecule has 0 aliphatic carbocycles. The quantitative estimate of drug-likeness (QED) is 0.875. The lowest BCUT2D eigenvalue weighted by Crippen LogP contribution is -2.02. The summed E-state index contributed by atoms with van der Waals surface area (Å²) in [4.78, 5) is 0. The predicted octanol–water partition coefficient (Wildman–Crippen LogP) is 3.92. The van der Waals surface area contributed by atoms with Gasteiger partial charge in [-0.15, -0.1) is 0 Å². The Morgan fingerprint density at radius 2 is 1.78 bits per heavy atom. The van der Waals surface area contributed by atoms with Crippen LogP contribution in [0.25, 0.3) is 0 Å². The highest BCUT2D eigenvalue weighted by Crippen LogP contribution is 2.21. The number of rotatable bonds is 4. The Morgan fingerprint density at radius 1 is 1.00 bits per heavy atom. The Morgan fingerprint density at radius 3 is 2.50 bits per heavy atom. The molecule has 1 N–H and O–H groups in total. The molecular formula is C16H19NO. The number of anilines is 1. The van der Waals surface area contributed by atoms with Crippen LogP contribution in [-0.2, 0) is 6.54 Å². The van der Waals surface area contributed by atoms with Gasteiger partial charge in [0, 0.05) is 17.8 Å². The van der Waals surface area contributed by atoms with Gasteiger partial charge in [0.1, 0.15) is 5.75 Å². The molecule has 0 atom stereocenters. The zero-order valence-electron chi connectivity index (χ0n) is 11.2. The third-order valence-electron chi connectivity index (χ3n) is 2.94. The van der Waals surface area contributed by atoms with E-state index in [2.05, 4.69) is 55.6 Å². The molecule has 0 bridgehead atoms. The number of methoxy groups -OCH3 is 1. The van der Waals surface area contributed by atoms with Crippen molar-refractivity contribution in [2.24, 2.45) is 0 Å². The molecule has 2 rings (SSSR count). The molecule has 2 aromatic carbocycles. The van der Waals surface area contributed by atoms with E-state index in [9.17, 15) is 0 Å². The van der Waals surface area contributed by atoms with Crippen molar-refractivity contribution in [3.8, 4) is 5.75 Å². The molecule has 0 fully saturated rings. The average Bonchev–Trinajstić information content (AvgIpc) is 2.37. The lowest BCUT2D eigenvalue weighted by Gasteiger charge is -2.11. The van der Waals surface area contributed by atoms with E-state index in [1.807, 2.05) is 6.07 Å². The van der Waals surface area contributed by atoms with Gasteiger partial charge in [0.25, 0.3) is 0 Å². The first-order chi connectivity index (χ1) is 8.69. The smallest absolute Gasteiger partial charge is 0.123 e. The Labute approximate surface area is 109 Å². The lowest BCUT2D eigenvalue weighted by molar-refractivity contribution is 0.410. The Bertz CT molecular complexity index is 534. The van der Waals surface area contributed by atoms with Crippen LogP contribution < -0.4 is 10.1 Å². The predicted molar refractivity (Wildman–Crippen MR) is 76.2 cm³/mol. The molecule has 18 heavy (non-hydrogen) atoms. The molecule has 2 aromatic rings. The van der Waals surface area contributed by atoms with E-state index < -0.39 is 0 Å². The zero-order valence-corrected chi connectivity index (χ0v) is 11.2. The van der Waals surface area contributed by atoms with Crippen molar-refractivity contribution in [2.45, 2.75) is 20.4 Å². The topological polar surface area (TPSA) is 21.3 Å². The first-order valence-corrected chi connectivity index (χ1v) is 6.13. The Balaban J connectivity index is 2.12. The number of hydrogen-bond acceptors (Lipinski definition) is 2. The number of hydrogen-bond donors (Lipinski definition) is 1. The summed E-state index contributed by atoms with van der Waals surface area (Å²) in [5.74, 6) is 0.931. The largest absolute Gasteiger partial charge is 0.496 e. The van der Waals surface area contributed by atoms with Crippen molar-refractivity contribution >= 4 is 5.69 Å². The van der Waals surface area contributed by atoms with Crippen LogP contribution in [-0.4, -0.2) is 7.11 Å². The van der Waals surface area contributed by atoms with Crippen molar-refractivity contribution < 1.29 is 4.74 Å².